The van der Waals surface area contributed by atoms with Gasteiger partial charge in [-0.3, -0.25) is 4.79 Å². The van der Waals surface area contributed by atoms with E-state index in [9.17, 15) is 9.59 Å². The fraction of sp³-hybridized carbons (Fsp3) is 0.263. The SMILES string of the molecule is COc1cc(C(=O)OC(C)C(=O)Nc2ccccc2Cl)cc(OC)c1C. The molecule has 0 aromatic heterocycles. The van der Waals surface area contributed by atoms with Crippen molar-refractivity contribution in [2.45, 2.75) is 20.0 Å². The summed E-state index contributed by atoms with van der Waals surface area (Å²) < 4.78 is 15.7. The van der Waals surface area contributed by atoms with Crippen LogP contribution in [-0.2, 0) is 9.53 Å². The number of amides is 1. The number of ether oxygens (including phenoxy) is 3. The molecule has 1 unspecified atom stereocenters. The maximum Gasteiger partial charge on any atom is 0.339 e. The van der Waals surface area contributed by atoms with E-state index in [2.05, 4.69) is 5.32 Å². The van der Waals surface area contributed by atoms with Crippen LogP contribution in [0.4, 0.5) is 5.69 Å². The minimum Gasteiger partial charge on any atom is -0.496 e. The van der Waals surface area contributed by atoms with Gasteiger partial charge in [-0.1, -0.05) is 23.7 Å². The van der Waals surface area contributed by atoms with Crippen molar-refractivity contribution in [1.82, 2.24) is 0 Å². The number of rotatable bonds is 6. The van der Waals surface area contributed by atoms with E-state index < -0.39 is 18.0 Å². The van der Waals surface area contributed by atoms with E-state index in [1.54, 1.807) is 36.4 Å². The van der Waals surface area contributed by atoms with Crippen LogP contribution >= 0.6 is 11.6 Å². The number of benzene rings is 2. The fourth-order valence-corrected chi connectivity index (χ4v) is 2.47. The van der Waals surface area contributed by atoms with Gasteiger partial charge >= 0.3 is 5.97 Å². The van der Waals surface area contributed by atoms with Gasteiger partial charge in [0.2, 0.25) is 0 Å². The Kier molecular flexibility index (Phi) is 6.46. The average molecular weight is 378 g/mol. The first-order valence-electron chi connectivity index (χ1n) is 7.86. The second-order valence-corrected chi connectivity index (χ2v) is 5.93. The van der Waals surface area contributed by atoms with Crippen molar-refractivity contribution in [3.8, 4) is 11.5 Å². The van der Waals surface area contributed by atoms with Gasteiger partial charge in [-0.2, -0.15) is 0 Å². The number of hydrogen-bond acceptors (Lipinski definition) is 5. The molecule has 0 aliphatic heterocycles. The molecule has 2 aromatic rings. The van der Waals surface area contributed by atoms with E-state index in [4.69, 9.17) is 25.8 Å². The Hall–Kier alpha value is -2.73. The molecule has 0 spiro atoms. The van der Waals surface area contributed by atoms with Gasteiger partial charge in [0, 0.05) is 5.56 Å². The van der Waals surface area contributed by atoms with E-state index in [1.165, 1.54) is 21.1 Å². The standard InChI is InChI=1S/C19H20ClNO5/c1-11-16(24-3)9-13(10-17(11)25-4)19(23)26-12(2)18(22)21-15-8-6-5-7-14(15)20/h5-10,12H,1-4H3,(H,21,22). The van der Waals surface area contributed by atoms with Crippen molar-refractivity contribution < 1.29 is 23.8 Å². The van der Waals surface area contributed by atoms with Crippen LogP contribution in [0, 0.1) is 6.92 Å². The van der Waals surface area contributed by atoms with Gasteiger partial charge in [0.1, 0.15) is 11.5 Å². The van der Waals surface area contributed by atoms with Gasteiger partial charge in [0.15, 0.2) is 6.10 Å². The monoisotopic (exact) mass is 377 g/mol. The molecule has 1 amide bonds. The molecular formula is C19H20ClNO5. The smallest absolute Gasteiger partial charge is 0.339 e. The van der Waals surface area contributed by atoms with Crippen molar-refractivity contribution in [3.05, 3.63) is 52.5 Å². The number of carbonyl (C=O) groups is 2. The normalized spacial score (nSPS) is 11.4. The summed E-state index contributed by atoms with van der Waals surface area (Å²) >= 11 is 6.01. The molecule has 0 radical (unpaired) electrons. The van der Waals surface area contributed by atoms with Crippen molar-refractivity contribution in [3.63, 3.8) is 0 Å². The summed E-state index contributed by atoms with van der Waals surface area (Å²) in [5, 5.41) is 3.02. The van der Waals surface area contributed by atoms with Crippen molar-refractivity contribution in [1.29, 1.82) is 0 Å². The number of anilines is 1. The van der Waals surface area contributed by atoms with Crippen LogP contribution in [-0.4, -0.2) is 32.2 Å². The fourth-order valence-electron chi connectivity index (χ4n) is 2.28. The molecule has 0 fully saturated rings. The van der Waals surface area contributed by atoms with Crippen LogP contribution in [0.15, 0.2) is 36.4 Å². The van der Waals surface area contributed by atoms with Crippen LogP contribution in [0.25, 0.3) is 0 Å². The highest BCUT2D eigenvalue weighted by Gasteiger charge is 2.21. The number of hydrogen-bond donors (Lipinski definition) is 1. The van der Waals surface area contributed by atoms with Gasteiger partial charge in [-0.25, -0.2) is 4.79 Å². The van der Waals surface area contributed by atoms with Gasteiger partial charge in [0.25, 0.3) is 5.91 Å². The van der Waals surface area contributed by atoms with Crippen molar-refractivity contribution in [2.75, 3.05) is 19.5 Å². The molecule has 138 valence electrons. The number of nitrogens with one attached hydrogen (secondary N) is 1. The van der Waals surface area contributed by atoms with Gasteiger partial charge < -0.3 is 19.5 Å². The number of halogens is 1. The van der Waals surface area contributed by atoms with Gasteiger partial charge in [-0.05, 0) is 38.1 Å². The second kappa shape index (κ2) is 8.58. The lowest BCUT2D eigenvalue weighted by Crippen LogP contribution is -2.30. The Labute approximate surface area is 157 Å². The van der Waals surface area contributed by atoms with E-state index in [0.29, 0.717) is 22.2 Å². The number of esters is 1. The zero-order valence-electron chi connectivity index (χ0n) is 15.0. The minimum atomic E-state index is -1.02. The maximum absolute atomic E-state index is 12.4. The predicted octanol–water partition coefficient (Wildman–Crippen LogP) is 3.85. The molecule has 1 atom stereocenters. The quantitative estimate of drug-likeness (QED) is 0.774. The number of para-hydroxylation sites is 1. The predicted molar refractivity (Wildman–Crippen MR) is 99.2 cm³/mol. The molecular weight excluding hydrogens is 358 g/mol. The first-order valence-corrected chi connectivity index (χ1v) is 8.24. The molecule has 0 saturated heterocycles. The first kappa shape index (κ1) is 19.6. The van der Waals surface area contributed by atoms with Crippen LogP contribution in [0.1, 0.15) is 22.8 Å². The van der Waals surface area contributed by atoms with Crippen molar-refractivity contribution >= 4 is 29.2 Å². The molecule has 0 heterocycles. The first-order chi connectivity index (χ1) is 12.4. The lowest BCUT2D eigenvalue weighted by Gasteiger charge is -2.16. The Morgan fingerprint density at radius 2 is 1.65 bits per heavy atom. The average Bonchev–Trinajstić information content (AvgIpc) is 2.63. The summed E-state index contributed by atoms with van der Waals surface area (Å²) in [4.78, 5) is 24.6. The lowest BCUT2D eigenvalue weighted by atomic mass is 10.1. The summed E-state index contributed by atoms with van der Waals surface area (Å²) in [6, 6.07) is 9.88. The molecule has 0 aliphatic rings. The summed E-state index contributed by atoms with van der Waals surface area (Å²) in [5.41, 5.74) is 1.43. The van der Waals surface area contributed by atoms with E-state index in [0.717, 1.165) is 5.56 Å². The highest BCUT2D eigenvalue weighted by Crippen LogP contribution is 2.30. The summed E-state index contributed by atoms with van der Waals surface area (Å²) in [5.74, 6) is -0.171. The largest absolute Gasteiger partial charge is 0.496 e. The third-order valence-electron chi connectivity index (χ3n) is 3.77. The molecule has 0 aliphatic carbocycles. The molecule has 26 heavy (non-hydrogen) atoms. The summed E-state index contributed by atoms with van der Waals surface area (Å²) in [6.07, 6.45) is -1.02. The topological polar surface area (TPSA) is 73.9 Å². The third kappa shape index (κ3) is 4.46. The molecule has 6 nitrogen and oxygen atoms in total. The molecule has 2 rings (SSSR count). The lowest BCUT2D eigenvalue weighted by molar-refractivity contribution is -0.123. The molecule has 0 saturated carbocycles. The Balaban J connectivity index is 2.11. The summed E-state index contributed by atoms with van der Waals surface area (Å²) in [6.45, 7) is 3.29. The second-order valence-electron chi connectivity index (χ2n) is 5.52. The van der Waals surface area contributed by atoms with Gasteiger partial charge in [-0.15, -0.1) is 0 Å². The van der Waals surface area contributed by atoms with Gasteiger partial charge in [0.05, 0.1) is 30.5 Å². The Morgan fingerprint density at radius 3 is 2.19 bits per heavy atom. The molecule has 2 aromatic carbocycles. The Morgan fingerprint density at radius 1 is 1.08 bits per heavy atom. The minimum absolute atomic E-state index is 0.224. The van der Waals surface area contributed by atoms with E-state index in [1.807, 2.05) is 6.92 Å². The zero-order valence-corrected chi connectivity index (χ0v) is 15.7. The molecule has 7 heteroatoms. The van der Waals surface area contributed by atoms with Crippen LogP contribution in [0.3, 0.4) is 0 Å². The highest BCUT2D eigenvalue weighted by molar-refractivity contribution is 6.33. The van der Waals surface area contributed by atoms with Crippen LogP contribution < -0.4 is 14.8 Å². The van der Waals surface area contributed by atoms with E-state index in [-0.39, 0.29) is 5.56 Å². The summed E-state index contributed by atoms with van der Waals surface area (Å²) in [7, 11) is 2.99. The molecule has 0 bridgehead atoms. The number of methoxy groups -OCH3 is 2. The van der Waals surface area contributed by atoms with Crippen molar-refractivity contribution in [2.24, 2.45) is 0 Å². The third-order valence-corrected chi connectivity index (χ3v) is 4.10. The van der Waals surface area contributed by atoms with E-state index >= 15 is 0 Å². The highest BCUT2D eigenvalue weighted by atomic mass is 35.5. The Bertz CT molecular complexity index is 796. The number of carbonyl (C=O) groups excluding carboxylic acids is 2. The molecule has 1 N–H and O–H groups in total. The van der Waals surface area contributed by atoms with Crippen LogP contribution in [0.5, 0.6) is 11.5 Å². The van der Waals surface area contributed by atoms with Crippen LogP contribution in [0.2, 0.25) is 5.02 Å². The maximum atomic E-state index is 12.4. The zero-order chi connectivity index (χ0) is 19.3.